The number of hydrogen-bond acceptors (Lipinski definition) is 5. The lowest BCUT2D eigenvalue weighted by Gasteiger charge is -2.43. The number of thiophene rings is 1. The fourth-order valence-corrected chi connectivity index (χ4v) is 4.02. The van der Waals surface area contributed by atoms with Crippen LogP contribution in [-0.4, -0.2) is 40.1 Å². The molecular weight excluding hydrogens is 292 g/mol. The second-order valence-electron chi connectivity index (χ2n) is 5.99. The predicted molar refractivity (Wildman–Crippen MR) is 77.2 cm³/mol. The van der Waals surface area contributed by atoms with Crippen molar-refractivity contribution in [3.8, 4) is 5.75 Å². The van der Waals surface area contributed by atoms with Crippen LogP contribution in [0, 0.1) is 0 Å². The fourth-order valence-electron chi connectivity index (χ4n) is 2.94. The molecule has 1 saturated heterocycles. The van der Waals surface area contributed by atoms with Crippen molar-refractivity contribution in [1.29, 1.82) is 0 Å². The number of fused-ring (bicyclic) bond motifs is 1. The SMILES string of the molecule is CC1(C)Oc2cc(C(N)=O)sc2C(N2CCCC2=O)C1O. The summed E-state index contributed by atoms with van der Waals surface area (Å²) in [5.41, 5.74) is 4.49. The van der Waals surface area contributed by atoms with Crippen LogP contribution in [0.2, 0.25) is 0 Å². The Hall–Kier alpha value is -1.60. The monoisotopic (exact) mass is 310 g/mol. The van der Waals surface area contributed by atoms with Gasteiger partial charge in [-0.2, -0.15) is 0 Å². The van der Waals surface area contributed by atoms with Gasteiger partial charge in [0.1, 0.15) is 17.5 Å². The first-order chi connectivity index (χ1) is 9.81. The minimum absolute atomic E-state index is 0.0247. The van der Waals surface area contributed by atoms with E-state index >= 15 is 0 Å². The summed E-state index contributed by atoms with van der Waals surface area (Å²) in [7, 11) is 0. The van der Waals surface area contributed by atoms with E-state index < -0.39 is 23.7 Å². The molecule has 1 aromatic heterocycles. The topological polar surface area (TPSA) is 92.9 Å². The van der Waals surface area contributed by atoms with Gasteiger partial charge in [-0.1, -0.05) is 0 Å². The Bertz CT molecular complexity index is 610. The lowest BCUT2D eigenvalue weighted by atomic mass is 9.90. The maximum atomic E-state index is 12.1. The van der Waals surface area contributed by atoms with Crippen molar-refractivity contribution in [1.82, 2.24) is 4.90 Å². The van der Waals surface area contributed by atoms with E-state index in [1.807, 2.05) is 0 Å². The number of nitrogens with two attached hydrogens (primary N) is 1. The van der Waals surface area contributed by atoms with Gasteiger partial charge in [0, 0.05) is 19.0 Å². The molecular formula is C14H18N2O4S. The van der Waals surface area contributed by atoms with E-state index in [1.165, 1.54) is 11.3 Å². The molecule has 2 atom stereocenters. The molecule has 7 heteroatoms. The maximum absolute atomic E-state index is 12.1. The first kappa shape index (κ1) is 14.3. The third-order valence-electron chi connectivity index (χ3n) is 4.07. The Morgan fingerprint density at radius 3 is 2.86 bits per heavy atom. The molecule has 1 fully saturated rings. The number of carbonyl (C=O) groups is 2. The molecule has 2 unspecified atom stereocenters. The molecule has 0 spiro atoms. The van der Waals surface area contributed by atoms with Gasteiger partial charge in [0.25, 0.3) is 5.91 Å². The first-order valence-corrected chi connectivity index (χ1v) is 7.73. The van der Waals surface area contributed by atoms with Crippen molar-refractivity contribution >= 4 is 23.2 Å². The van der Waals surface area contributed by atoms with Gasteiger partial charge in [0.15, 0.2) is 0 Å². The van der Waals surface area contributed by atoms with Crippen LogP contribution in [0.4, 0.5) is 0 Å². The summed E-state index contributed by atoms with van der Waals surface area (Å²) in [4.78, 5) is 26.2. The summed E-state index contributed by atoms with van der Waals surface area (Å²) < 4.78 is 5.80. The molecule has 0 saturated carbocycles. The predicted octanol–water partition coefficient (Wildman–Crippen LogP) is 1.04. The Morgan fingerprint density at radius 1 is 1.57 bits per heavy atom. The van der Waals surface area contributed by atoms with Gasteiger partial charge in [-0.3, -0.25) is 9.59 Å². The molecule has 0 radical (unpaired) electrons. The van der Waals surface area contributed by atoms with Crippen LogP contribution in [0.3, 0.4) is 0 Å². The molecule has 2 amide bonds. The van der Waals surface area contributed by atoms with Gasteiger partial charge in [0.2, 0.25) is 5.91 Å². The summed E-state index contributed by atoms with van der Waals surface area (Å²) >= 11 is 1.19. The van der Waals surface area contributed by atoms with Crippen LogP contribution in [0.25, 0.3) is 0 Å². The number of amides is 2. The van der Waals surface area contributed by atoms with Crippen molar-refractivity contribution < 1.29 is 19.4 Å². The third kappa shape index (κ3) is 2.20. The van der Waals surface area contributed by atoms with Gasteiger partial charge in [-0.15, -0.1) is 11.3 Å². The highest BCUT2D eigenvalue weighted by Crippen LogP contribution is 2.48. The summed E-state index contributed by atoms with van der Waals surface area (Å²) in [5.74, 6) is 0.0299. The van der Waals surface area contributed by atoms with E-state index in [0.717, 1.165) is 6.42 Å². The standard InChI is InChI=1S/C14H18N2O4S/c1-14(2)12(18)10(16-5-3-4-9(16)17)11-7(20-14)6-8(21-11)13(15)19/h6,10,12,18H,3-5H2,1-2H3,(H2,15,19). The van der Waals surface area contributed by atoms with Gasteiger partial charge in [-0.25, -0.2) is 0 Å². The average molecular weight is 310 g/mol. The number of aliphatic hydroxyl groups excluding tert-OH is 1. The number of aliphatic hydroxyl groups is 1. The Kier molecular flexibility index (Phi) is 3.22. The Labute approximate surface area is 126 Å². The van der Waals surface area contributed by atoms with Gasteiger partial charge in [-0.05, 0) is 20.3 Å². The van der Waals surface area contributed by atoms with Crippen LogP contribution in [-0.2, 0) is 4.79 Å². The van der Waals surface area contributed by atoms with E-state index in [1.54, 1.807) is 24.8 Å². The summed E-state index contributed by atoms with van der Waals surface area (Å²) in [6.45, 7) is 4.16. The first-order valence-electron chi connectivity index (χ1n) is 6.91. The molecule has 1 aromatic rings. The number of nitrogens with zero attached hydrogens (tertiary/aromatic N) is 1. The molecule has 0 aromatic carbocycles. The lowest BCUT2D eigenvalue weighted by molar-refractivity contribution is -0.139. The molecule has 114 valence electrons. The fraction of sp³-hybridized carbons (Fsp3) is 0.571. The third-order valence-corrected chi connectivity index (χ3v) is 5.27. The molecule has 2 aliphatic rings. The number of carbonyl (C=O) groups excluding carboxylic acids is 2. The maximum Gasteiger partial charge on any atom is 0.258 e. The molecule has 3 heterocycles. The minimum Gasteiger partial charge on any atom is -0.484 e. The van der Waals surface area contributed by atoms with Crippen LogP contribution < -0.4 is 10.5 Å². The minimum atomic E-state index is -0.855. The number of likely N-dealkylation sites (tertiary alicyclic amines) is 1. The molecule has 0 aliphatic carbocycles. The molecule has 6 nitrogen and oxygen atoms in total. The molecule has 3 N–H and O–H groups in total. The molecule has 2 aliphatic heterocycles. The largest absolute Gasteiger partial charge is 0.484 e. The summed E-state index contributed by atoms with van der Waals surface area (Å²) in [5, 5.41) is 10.6. The van der Waals surface area contributed by atoms with Crippen LogP contribution in [0.15, 0.2) is 6.07 Å². The van der Waals surface area contributed by atoms with E-state index in [-0.39, 0.29) is 5.91 Å². The number of hydrogen-bond donors (Lipinski definition) is 2. The van der Waals surface area contributed by atoms with E-state index in [2.05, 4.69) is 0 Å². The highest BCUT2D eigenvalue weighted by atomic mass is 32.1. The van der Waals surface area contributed by atoms with Crippen LogP contribution in [0.1, 0.15) is 47.3 Å². The molecule has 3 rings (SSSR count). The van der Waals surface area contributed by atoms with Crippen LogP contribution >= 0.6 is 11.3 Å². The Morgan fingerprint density at radius 2 is 2.29 bits per heavy atom. The van der Waals surface area contributed by atoms with E-state index in [0.29, 0.717) is 28.5 Å². The quantitative estimate of drug-likeness (QED) is 0.853. The second-order valence-corrected chi connectivity index (χ2v) is 7.07. The van der Waals surface area contributed by atoms with Gasteiger partial charge in [0.05, 0.1) is 15.8 Å². The Balaban J connectivity index is 2.09. The number of ether oxygens (including phenoxy) is 1. The van der Waals surface area contributed by atoms with Crippen molar-refractivity contribution in [3.63, 3.8) is 0 Å². The summed E-state index contributed by atoms with van der Waals surface area (Å²) in [6, 6.07) is 1.13. The highest BCUT2D eigenvalue weighted by Gasteiger charge is 2.48. The smallest absolute Gasteiger partial charge is 0.258 e. The van der Waals surface area contributed by atoms with E-state index in [4.69, 9.17) is 10.5 Å². The van der Waals surface area contributed by atoms with Crippen molar-refractivity contribution in [2.75, 3.05) is 6.54 Å². The average Bonchev–Trinajstić information content (AvgIpc) is 2.97. The summed E-state index contributed by atoms with van der Waals surface area (Å²) in [6.07, 6.45) is 0.423. The zero-order chi connectivity index (χ0) is 15.4. The molecule has 21 heavy (non-hydrogen) atoms. The van der Waals surface area contributed by atoms with Crippen molar-refractivity contribution in [2.45, 2.75) is 44.4 Å². The van der Waals surface area contributed by atoms with E-state index in [9.17, 15) is 14.7 Å². The number of rotatable bonds is 2. The lowest BCUT2D eigenvalue weighted by Crippen LogP contribution is -2.53. The van der Waals surface area contributed by atoms with Crippen molar-refractivity contribution in [3.05, 3.63) is 15.8 Å². The van der Waals surface area contributed by atoms with Crippen LogP contribution in [0.5, 0.6) is 5.75 Å². The second kappa shape index (κ2) is 4.71. The van der Waals surface area contributed by atoms with Gasteiger partial charge < -0.3 is 20.5 Å². The molecule has 0 bridgehead atoms. The normalized spacial score (nSPS) is 27.4. The zero-order valence-electron chi connectivity index (χ0n) is 12.0. The highest BCUT2D eigenvalue weighted by molar-refractivity contribution is 7.14. The number of primary amides is 1. The zero-order valence-corrected chi connectivity index (χ0v) is 12.8. The van der Waals surface area contributed by atoms with Gasteiger partial charge >= 0.3 is 0 Å². The van der Waals surface area contributed by atoms with Crippen molar-refractivity contribution in [2.24, 2.45) is 5.73 Å².